The molecule has 1 unspecified atom stereocenters. The standard InChI is InChI=1S/C27H30N6O3/c1-32(2)15-6-9-23(34)33-16-14-20(17-33)31-26-24(27(35)30-18-29-26)25(28)19-10-12-22(13-11-19)36-21-7-4-3-5-8-21/h3-13,18,20,28H,14-17H2,1-2H3,(H2,29,30,31,35)/b9-6+,28-25?. The Balaban J connectivity index is 1.44. The van der Waals surface area contributed by atoms with Crippen LogP contribution >= 0.6 is 0 Å². The summed E-state index contributed by atoms with van der Waals surface area (Å²) in [6, 6.07) is 16.4. The second-order valence-electron chi connectivity index (χ2n) is 8.85. The predicted molar refractivity (Wildman–Crippen MR) is 140 cm³/mol. The number of para-hydroxylation sites is 1. The molecule has 1 saturated heterocycles. The lowest BCUT2D eigenvalue weighted by molar-refractivity contribution is -0.125. The number of amides is 1. The molecule has 0 aliphatic carbocycles. The van der Waals surface area contributed by atoms with E-state index in [1.165, 1.54) is 6.33 Å². The third-order valence-electron chi connectivity index (χ3n) is 5.80. The van der Waals surface area contributed by atoms with E-state index >= 15 is 0 Å². The molecule has 2 aromatic carbocycles. The first-order valence-corrected chi connectivity index (χ1v) is 11.8. The zero-order valence-electron chi connectivity index (χ0n) is 20.4. The molecule has 4 rings (SSSR count). The molecule has 0 radical (unpaired) electrons. The molecular formula is C27H30N6O3. The highest BCUT2D eigenvalue weighted by molar-refractivity contribution is 6.13. The number of anilines is 1. The van der Waals surface area contributed by atoms with Crippen molar-refractivity contribution in [3.8, 4) is 11.5 Å². The van der Waals surface area contributed by atoms with E-state index in [4.69, 9.17) is 10.1 Å². The number of aromatic amines is 1. The minimum atomic E-state index is -0.403. The summed E-state index contributed by atoms with van der Waals surface area (Å²) in [5.41, 5.74) is 0.367. The topological polar surface area (TPSA) is 114 Å². The normalized spacial score (nSPS) is 15.4. The molecule has 9 heteroatoms. The Labute approximate surface area is 209 Å². The average molecular weight is 487 g/mol. The summed E-state index contributed by atoms with van der Waals surface area (Å²) >= 11 is 0. The van der Waals surface area contributed by atoms with Crippen LogP contribution in [0.4, 0.5) is 5.82 Å². The highest BCUT2D eigenvalue weighted by Gasteiger charge is 2.27. The minimum absolute atomic E-state index is 0.0363. The van der Waals surface area contributed by atoms with Gasteiger partial charge in [0.2, 0.25) is 5.91 Å². The Kier molecular flexibility index (Phi) is 7.92. The second kappa shape index (κ2) is 11.5. The van der Waals surface area contributed by atoms with Crippen LogP contribution in [0.2, 0.25) is 0 Å². The predicted octanol–water partition coefficient (Wildman–Crippen LogP) is 3.11. The Morgan fingerprint density at radius 2 is 1.92 bits per heavy atom. The van der Waals surface area contributed by atoms with Crippen molar-refractivity contribution >= 4 is 17.4 Å². The van der Waals surface area contributed by atoms with Gasteiger partial charge in [0, 0.05) is 37.3 Å². The molecule has 1 fully saturated rings. The lowest BCUT2D eigenvalue weighted by Crippen LogP contribution is -2.32. The Morgan fingerprint density at radius 3 is 2.64 bits per heavy atom. The fourth-order valence-electron chi connectivity index (χ4n) is 3.94. The molecule has 0 spiro atoms. The first kappa shape index (κ1) is 24.9. The van der Waals surface area contributed by atoms with E-state index in [0.29, 0.717) is 42.5 Å². The number of carbonyl (C=O) groups is 1. The molecule has 2 heterocycles. The van der Waals surface area contributed by atoms with Crippen molar-refractivity contribution in [3.63, 3.8) is 0 Å². The second-order valence-corrected chi connectivity index (χ2v) is 8.85. The number of H-pyrrole nitrogens is 1. The van der Waals surface area contributed by atoms with Crippen LogP contribution in [-0.2, 0) is 4.79 Å². The maximum atomic E-state index is 12.7. The molecule has 3 aromatic rings. The van der Waals surface area contributed by atoms with Gasteiger partial charge in [-0.05, 0) is 56.9 Å². The number of carbonyl (C=O) groups excluding carboxylic acids is 1. The number of hydrogen-bond donors (Lipinski definition) is 3. The van der Waals surface area contributed by atoms with Crippen molar-refractivity contribution in [2.24, 2.45) is 0 Å². The summed E-state index contributed by atoms with van der Waals surface area (Å²) in [4.78, 5) is 35.8. The van der Waals surface area contributed by atoms with E-state index in [2.05, 4.69) is 15.3 Å². The maximum Gasteiger partial charge on any atom is 0.262 e. The molecule has 0 bridgehead atoms. The molecule has 9 nitrogen and oxygen atoms in total. The molecule has 36 heavy (non-hydrogen) atoms. The van der Waals surface area contributed by atoms with Crippen LogP contribution in [0, 0.1) is 5.41 Å². The van der Waals surface area contributed by atoms with Crippen molar-refractivity contribution in [2.75, 3.05) is 39.0 Å². The lowest BCUT2D eigenvalue weighted by Gasteiger charge is -2.17. The summed E-state index contributed by atoms with van der Waals surface area (Å²) in [7, 11) is 3.89. The van der Waals surface area contributed by atoms with E-state index in [1.54, 1.807) is 35.2 Å². The average Bonchev–Trinajstić information content (AvgIpc) is 3.33. The third kappa shape index (κ3) is 6.25. The zero-order chi connectivity index (χ0) is 25.5. The summed E-state index contributed by atoms with van der Waals surface area (Å²) < 4.78 is 5.82. The number of aromatic nitrogens is 2. The summed E-state index contributed by atoms with van der Waals surface area (Å²) in [5, 5.41) is 12.0. The smallest absolute Gasteiger partial charge is 0.262 e. The highest BCUT2D eigenvalue weighted by atomic mass is 16.5. The number of benzene rings is 2. The number of rotatable bonds is 9. The summed E-state index contributed by atoms with van der Waals surface area (Å²) in [6.07, 6.45) is 5.48. The Bertz CT molecular complexity index is 1280. The van der Waals surface area contributed by atoms with E-state index in [1.807, 2.05) is 55.4 Å². The number of likely N-dealkylation sites (N-methyl/N-ethyl adjacent to an activating group) is 1. The van der Waals surface area contributed by atoms with Gasteiger partial charge in [-0.25, -0.2) is 4.98 Å². The van der Waals surface area contributed by atoms with Gasteiger partial charge in [0.25, 0.3) is 5.56 Å². The Morgan fingerprint density at radius 1 is 1.19 bits per heavy atom. The fraction of sp³-hybridized carbons (Fsp3) is 0.259. The quantitative estimate of drug-likeness (QED) is 0.316. The van der Waals surface area contributed by atoms with Gasteiger partial charge in [0.15, 0.2) is 0 Å². The van der Waals surface area contributed by atoms with Crippen LogP contribution < -0.4 is 15.6 Å². The number of hydrogen-bond acceptors (Lipinski definition) is 7. The molecule has 186 valence electrons. The summed E-state index contributed by atoms with van der Waals surface area (Å²) in [6.45, 7) is 1.81. The first-order valence-electron chi connectivity index (χ1n) is 11.8. The van der Waals surface area contributed by atoms with E-state index in [0.717, 1.165) is 6.42 Å². The largest absolute Gasteiger partial charge is 0.457 e. The number of ether oxygens (including phenoxy) is 1. The highest BCUT2D eigenvalue weighted by Crippen LogP contribution is 2.23. The van der Waals surface area contributed by atoms with Gasteiger partial charge < -0.3 is 24.8 Å². The van der Waals surface area contributed by atoms with E-state index in [-0.39, 0.29) is 23.2 Å². The van der Waals surface area contributed by atoms with Crippen molar-refractivity contribution < 1.29 is 9.53 Å². The van der Waals surface area contributed by atoms with Crippen molar-refractivity contribution in [2.45, 2.75) is 12.5 Å². The van der Waals surface area contributed by atoms with Crippen LogP contribution in [0.1, 0.15) is 17.5 Å². The molecule has 1 atom stereocenters. The lowest BCUT2D eigenvalue weighted by atomic mass is 10.0. The van der Waals surface area contributed by atoms with Gasteiger partial charge in [-0.15, -0.1) is 0 Å². The fourth-order valence-corrected chi connectivity index (χ4v) is 3.94. The van der Waals surface area contributed by atoms with Crippen molar-refractivity contribution in [1.82, 2.24) is 19.8 Å². The number of likely N-dealkylation sites (tertiary alicyclic amines) is 1. The van der Waals surface area contributed by atoms with Crippen LogP contribution in [0.15, 0.2) is 77.9 Å². The molecule has 3 N–H and O–H groups in total. The Hall–Kier alpha value is -4.24. The van der Waals surface area contributed by atoms with E-state index < -0.39 is 5.56 Å². The van der Waals surface area contributed by atoms with Crippen LogP contribution in [0.5, 0.6) is 11.5 Å². The van der Waals surface area contributed by atoms with Crippen LogP contribution in [0.3, 0.4) is 0 Å². The third-order valence-corrected chi connectivity index (χ3v) is 5.80. The monoisotopic (exact) mass is 486 g/mol. The van der Waals surface area contributed by atoms with Gasteiger partial charge in [-0.1, -0.05) is 24.3 Å². The number of nitrogens with one attached hydrogen (secondary N) is 3. The van der Waals surface area contributed by atoms with Crippen molar-refractivity contribution in [1.29, 1.82) is 5.41 Å². The van der Waals surface area contributed by atoms with Gasteiger partial charge in [-0.3, -0.25) is 15.0 Å². The van der Waals surface area contributed by atoms with Crippen molar-refractivity contribution in [3.05, 3.63) is 94.6 Å². The molecule has 1 aliphatic rings. The van der Waals surface area contributed by atoms with E-state index in [9.17, 15) is 9.59 Å². The SMILES string of the molecule is CN(C)C/C=C/C(=O)N1CCC(Nc2nc[nH]c(=O)c2C(=N)c2ccc(Oc3ccccc3)cc2)C1. The summed E-state index contributed by atoms with van der Waals surface area (Å²) in [5.74, 6) is 1.64. The molecule has 1 aliphatic heterocycles. The van der Waals surface area contributed by atoms with Gasteiger partial charge in [0.05, 0.1) is 12.0 Å². The molecular weight excluding hydrogens is 456 g/mol. The van der Waals surface area contributed by atoms with Gasteiger partial charge in [-0.2, -0.15) is 0 Å². The zero-order valence-corrected chi connectivity index (χ0v) is 20.4. The van der Waals surface area contributed by atoms with Gasteiger partial charge >= 0.3 is 0 Å². The minimum Gasteiger partial charge on any atom is -0.457 e. The first-order chi connectivity index (χ1) is 17.4. The van der Waals surface area contributed by atoms with Gasteiger partial charge in [0.1, 0.15) is 22.9 Å². The number of nitrogens with zero attached hydrogens (tertiary/aromatic N) is 3. The molecule has 1 amide bonds. The molecule has 1 aromatic heterocycles. The van der Waals surface area contributed by atoms with Crippen LogP contribution in [0.25, 0.3) is 0 Å². The molecule has 0 saturated carbocycles. The maximum absolute atomic E-state index is 12.7. The van der Waals surface area contributed by atoms with Crippen LogP contribution in [-0.4, -0.2) is 71.2 Å².